The number of nitrogens with zero attached hydrogens (tertiary/aromatic N) is 1. The number of carbonyl (C=O) groups excluding carboxylic acids is 1. The summed E-state index contributed by atoms with van der Waals surface area (Å²) in [5.41, 5.74) is 0. The quantitative estimate of drug-likeness (QED) is 0.0243. The van der Waals surface area contributed by atoms with Gasteiger partial charge in [-0.3, -0.25) is 13.8 Å². The van der Waals surface area contributed by atoms with Gasteiger partial charge in [-0.2, -0.15) is 0 Å². The number of carbonyl (C=O) groups is 1. The van der Waals surface area contributed by atoms with Crippen molar-refractivity contribution in [1.82, 2.24) is 5.32 Å². The fourth-order valence-corrected chi connectivity index (χ4v) is 9.21. The zero-order chi connectivity index (χ0) is 47.8. The van der Waals surface area contributed by atoms with Gasteiger partial charge in [-0.1, -0.05) is 263 Å². The Morgan fingerprint density at radius 2 is 0.846 bits per heavy atom. The molecule has 0 heterocycles. The van der Waals surface area contributed by atoms with E-state index in [0.717, 1.165) is 38.5 Å². The van der Waals surface area contributed by atoms with Gasteiger partial charge in [-0.25, -0.2) is 4.57 Å². The molecule has 0 spiro atoms. The molecule has 0 aromatic carbocycles. The summed E-state index contributed by atoms with van der Waals surface area (Å²) < 4.78 is 23.6. The lowest BCUT2D eigenvalue weighted by molar-refractivity contribution is -0.870. The van der Waals surface area contributed by atoms with E-state index in [-0.39, 0.29) is 19.1 Å². The third-order valence-electron chi connectivity index (χ3n) is 12.9. The zero-order valence-corrected chi connectivity index (χ0v) is 44.9. The Bertz CT molecular complexity index is 1110. The van der Waals surface area contributed by atoms with E-state index in [1.54, 1.807) is 6.08 Å². The van der Waals surface area contributed by atoms with E-state index in [4.69, 9.17) is 9.05 Å². The second-order valence-corrected chi connectivity index (χ2v) is 22.1. The topological polar surface area (TPSA) is 105 Å². The predicted molar refractivity (Wildman–Crippen MR) is 281 cm³/mol. The highest BCUT2D eigenvalue weighted by atomic mass is 31.2. The molecule has 65 heavy (non-hydrogen) atoms. The summed E-state index contributed by atoms with van der Waals surface area (Å²) in [5.74, 6) is -0.183. The fraction of sp³-hybridized carbons (Fsp3) is 0.911. The molecule has 0 saturated carbocycles. The Balaban J connectivity index is 4.16. The van der Waals surface area contributed by atoms with Gasteiger partial charge < -0.3 is 19.8 Å². The molecule has 0 aliphatic rings. The van der Waals surface area contributed by atoms with E-state index in [9.17, 15) is 19.4 Å². The maximum absolute atomic E-state index is 12.9. The van der Waals surface area contributed by atoms with Crippen LogP contribution in [0.4, 0.5) is 0 Å². The van der Waals surface area contributed by atoms with Crippen molar-refractivity contribution in [1.29, 1.82) is 0 Å². The SMILES string of the molecule is CCCCCCCCCCCCCCCCCCCCCCCCC/C=C/CC/C=C/C(O)C(COP(=O)(O)OCC[N+](C)(C)C)NC(=O)CCCCCCCCCCCCCCCC. The molecule has 0 aromatic rings. The first kappa shape index (κ1) is 64.0. The third kappa shape index (κ3) is 50.7. The summed E-state index contributed by atoms with van der Waals surface area (Å²) in [4.78, 5) is 23.2. The Morgan fingerprint density at radius 1 is 0.508 bits per heavy atom. The molecular weight excluding hydrogens is 828 g/mol. The van der Waals surface area contributed by atoms with Gasteiger partial charge in [-0.05, 0) is 32.1 Å². The minimum atomic E-state index is -4.35. The largest absolute Gasteiger partial charge is 0.472 e. The molecule has 9 heteroatoms. The van der Waals surface area contributed by atoms with Crippen molar-refractivity contribution in [2.24, 2.45) is 0 Å². The van der Waals surface area contributed by atoms with E-state index in [1.165, 1.54) is 218 Å². The summed E-state index contributed by atoms with van der Waals surface area (Å²) in [6.07, 6.45) is 60.0. The molecule has 0 radical (unpaired) electrons. The summed E-state index contributed by atoms with van der Waals surface area (Å²) in [6, 6.07) is -0.859. The number of phosphoric ester groups is 1. The number of rotatable bonds is 52. The number of hydrogen-bond donors (Lipinski definition) is 3. The van der Waals surface area contributed by atoms with Gasteiger partial charge in [0.2, 0.25) is 5.91 Å². The van der Waals surface area contributed by atoms with Crippen molar-refractivity contribution in [3.05, 3.63) is 24.3 Å². The first-order chi connectivity index (χ1) is 31.5. The van der Waals surface area contributed by atoms with Crippen molar-refractivity contribution in [2.75, 3.05) is 40.9 Å². The highest BCUT2D eigenvalue weighted by molar-refractivity contribution is 7.47. The second kappa shape index (κ2) is 48.0. The van der Waals surface area contributed by atoms with Crippen LogP contribution >= 0.6 is 7.82 Å². The molecule has 8 nitrogen and oxygen atoms in total. The minimum absolute atomic E-state index is 0.0586. The van der Waals surface area contributed by atoms with Gasteiger partial charge in [0.1, 0.15) is 13.2 Å². The van der Waals surface area contributed by atoms with Crippen molar-refractivity contribution < 1.29 is 32.9 Å². The number of likely N-dealkylation sites (N-methyl/N-ethyl adjacent to an activating group) is 1. The second-order valence-electron chi connectivity index (χ2n) is 20.7. The fourth-order valence-electron chi connectivity index (χ4n) is 8.47. The number of amides is 1. The van der Waals surface area contributed by atoms with Crippen LogP contribution in [0.1, 0.15) is 277 Å². The first-order valence-corrected chi connectivity index (χ1v) is 29.7. The van der Waals surface area contributed by atoms with Crippen LogP contribution in [-0.2, 0) is 18.4 Å². The molecule has 0 rings (SSSR count). The summed E-state index contributed by atoms with van der Waals surface area (Å²) in [5, 5.41) is 13.9. The Labute approximate surface area is 404 Å². The Kier molecular flexibility index (Phi) is 47.3. The van der Waals surface area contributed by atoms with E-state index < -0.39 is 20.0 Å². The lowest BCUT2D eigenvalue weighted by atomic mass is 10.0. The van der Waals surface area contributed by atoms with Crippen LogP contribution in [0.3, 0.4) is 0 Å². The predicted octanol–water partition coefficient (Wildman–Crippen LogP) is 16.8. The number of nitrogens with one attached hydrogen (secondary N) is 1. The molecule has 0 bridgehead atoms. The first-order valence-electron chi connectivity index (χ1n) is 28.2. The van der Waals surface area contributed by atoms with E-state index in [2.05, 4.69) is 31.3 Å². The Hall–Kier alpha value is -1.02. The summed E-state index contributed by atoms with van der Waals surface area (Å²) >= 11 is 0. The molecule has 0 saturated heterocycles. The number of aliphatic hydroxyl groups is 1. The molecule has 3 N–H and O–H groups in total. The summed E-state index contributed by atoms with van der Waals surface area (Å²) in [7, 11) is 1.57. The van der Waals surface area contributed by atoms with Gasteiger partial charge in [-0.15, -0.1) is 0 Å². The van der Waals surface area contributed by atoms with Crippen molar-refractivity contribution in [2.45, 2.75) is 289 Å². The number of unbranched alkanes of at least 4 members (excludes halogenated alkanes) is 37. The van der Waals surface area contributed by atoms with Crippen molar-refractivity contribution in [3.63, 3.8) is 0 Å². The van der Waals surface area contributed by atoms with Crippen molar-refractivity contribution >= 4 is 13.7 Å². The monoisotopic (exact) mass is 940 g/mol. The number of aliphatic hydroxyl groups excluding tert-OH is 1. The van der Waals surface area contributed by atoms with Crippen LogP contribution in [-0.4, -0.2) is 73.4 Å². The minimum Gasteiger partial charge on any atom is -0.387 e. The molecule has 3 atom stereocenters. The highest BCUT2D eigenvalue weighted by Crippen LogP contribution is 2.43. The average Bonchev–Trinajstić information content (AvgIpc) is 3.26. The number of allylic oxidation sites excluding steroid dienone is 3. The lowest BCUT2D eigenvalue weighted by Gasteiger charge is -2.25. The molecule has 1 amide bonds. The molecule has 0 aromatic heterocycles. The molecule has 3 unspecified atom stereocenters. The molecule has 0 aliphatic carbocycles. The van der Waals surface area contributed by atoms with E-state index in [0.29, 0.717) is 17.4 Å². The normalized spacial score (nSPS) is 14.1. The third-order valence-corrected chi connectivity index (χ3v) is 13.9. The number of hydrogen-bond acceptors (Lipinski definition) is 5. The molecular formula is C56H112N2O6P+. The number of quaternary nitrogens is 1. The van der Waals surface area contributed by atoms with Gasteiger partial charge in [0, 0.05) is 6.42 Å². The van der Waals surface area contributed by atoms with Gasteiger partial charge in [0.15, 0.2) is 0 Å². The highest BCUT2D eigenvalue weighted by Gasteiger charge is 2.27. The molecule has 0 aliphatic heterocycles. The lowest BCUT2D eigenvalue weighted by Crippen LogP contribution is -2.45. The van der Waals surface area contributed by atoms with E-state index in [1.807, 2.05) is 27.2 Å². The van der Waals surface area contributed by atoms with Gasteiger partial charge in [0.05, 0.1) is 39.9 Å². The molecule has 386 valence electrons. The van der Waals surface area contributed by atoms with Crippen LogP contribution in [0, 0.1) is 0 Å². The average molecular weight is 940 g/mol. The van der Waals surface area contributed by atoms with Crippen LogP contribution in [0.5, 0.6) is 0 Å². The molecule has 0 fully saturated rings. The standard InChI is InChI=1S/C56H111N2O6P/c1-6-8-10-12-14-16-18-20-22-23-24-25-26-27-28-29-30-31-32-33-34-35-36-37-39-41-43-45-47-49-55(59)54(53-64-65(61,62)63-52-51-58(3,4)5)57-56(60)50-48-46-44-42-40-38-21-19-17-15-13-11-9-7-2/h39,41,47,49,54-55,59H,6-38,40,42-46,48,50-53H2,1-5H3,(H-,57,60,61,62)/p+1/b41-39+,49-47+. The Morgan fingerprint density at radius 3 is 1.23 bits per heavy atom. The van der Waals surface area contributed by atoms with Crippen LogP contribution in [0.15, 0.2) is 24.3 Å². The van der Waals surface area contributed by atoms with Gasteiger partial charge in [0.25, 0.3) is 0 Å². The van der Waals surface area contributed by atoms with Crippen molar-refractivity contribution in [3.8, 4) is 0 Å². The maximum Gasteiger partial charge on any atom is 0.472 e. The van der Waals surface area contributed by atoms with Crippen LogP contribution < -0.4 is 5.32 Å². The van der Waals surface area contributed by atoms with E-state index >= 15 is 0 Å². The maximum atomic E-state index is 12.9. The number of phosphoric acid groups is 1. The van der Waals surface area contributed by atoms with Crippen LogP contribution in [0.25, 0.3) is 0 Å². The smallest absolute Gasteiger partial charge is 0.387 e. The van der Waals surface area contributed by atoms with Crippen LogP contribution in [0.2, 0.25) is 0 Å². The zero-order valence-electron chi connectivity index (χ0n) is 44.0. The van der Waals surface area contributed by atoms with Gasteiger partial charge >= 0.3 is 7.82 Å². The summed E-state index contributed by atoms with van der Waals surface area (Å²) in [6.45, 7) is 4.83.